The molecule has 0 radical (unpaired) electrons. The van der Waals surface area contributed by atoms with Crippen LogP contribution >= 0.6 is 0 Å². The summed E-state index contributed by atoms with van der Waals surface area (Å²) in [5.74, 6) is 0.802. The number of hydrogen-bond acceptors (Lipinski definition) is 9. The zero-order chi connectivity index (χ0) is 25.8. The van der Waals surface area contributed by atoms with Gasteiger partial charge in [-0.3, -0.25) is 4.98 Å². The highest BCUT2D eigenvalue weighted by Crippen LogP contribution is 2.22. The number of primary sulfonamides is 1. The number of rotatable bonds is 9. The average molecular weight is 526 g/mol. The minimum absolute atomic E-state index is 0.0271. The second kappa shape index (κ2) is 10.4. The maximum atomic E-state index is 12.4. The van der Waals surface area contributed by atoms with Crippen LogP contribution in [0.25, 0.3) is 0 Å². The zero-order valence-electron chi connectivity index (χ0n) is 19.1. The molecule has 13 heteroatoms. The zero-order valence-corrected chi connectivity index (χ0v) is 20.7. The topological polar surface area (TPSA) is 169 Å². The highest BCUT2D eigenvalue weighted by Gasteiger charge is 2.13. The molecule has 2 aromatic heterocycles. The van der Waals surface area contributed by atoms with Gasteiger partial charge in [-0.05, 0) is 55.0 Å². The minimum atomic E-state index is -3.84. The number of hydrogen-bond donors (Lipinski definition) is 4. The van der Waals surface area contributed by atoms with E-state index < -0.39 is 20.0 Å². The van der Waals surface area contributed by atoms with E-state index in [1.165, 1.54) is 30.6 Å². The van der Waals surface area contributed by atoms with E-state index in [0.717, 1.165) is 16.8 Å². The fourth-order valence-electron chi connectivity index (χ4n) is 3.12. The molecule has 0 saturated carbocycles. The number of nitrogens with one attached hydrogen (secondary N) is 3. The molecule has 0 spiro atoms. The average Bonchev–Trinajstić information content (AvgIpc) is 2.86. The Morgan fingerprint density at radius 3 is 2.31 bits per heavy atom. The van der Waals surface area contributed by atoms with Gasteiger partial charge < -0.3 is 10.6 Å². The van der Waals surface area contributed by atoms with Crippen LogP contribution in [-0.2, 0) is 26.6 Å². The fourth-order valence-corrected chi connectivity index (χ4v) is 4.66. The molecule has 36 heavy (non-hydrogen) atoms. The van der Waals surface area contributed by atoms with Gasteiger partial charge in [-0.2, -0.15) is 4.98 Å². The van der Waals surface area contributed by atoms with E-state index >= 15 is 0 Å². The Balaban J connectivity index is 1.43. The lowest BCUT2D eigenvalue weighted by molar-refractivity contribution is 0.580. The molecular formula is C23H23N7O4S2. The monoisotopic (exact) mass is 525 g/mol. The second-order valence-corrected chi connectivity index (χ2v) is 11.1. The van der Waals surface area contributed by atoms with Crippen molar-refractivity contribution in [2.24, 2.45) is 5.14 Å². The lowest BCUT2D eigenvalue weighted by Crippen LogP contribution is -2.23. The normalized spacial score (nSPS) is 11.7. The van der Waals surface area contributed by atoms with Crippen LogP contribution in [0.5, 0.6) is 0 Å². The van der Waals surface area contributed by atoms with Gasteiger partial charge in [-0.25, -0.2) is 31.7 Å². The summed E-state index contributed by atoms with van der Waals surface area (Å²) in [6.45, 7) is 1.96. The SMILES string of the molecule is Cc1cnc(Nc2cccc(S(N)(=O)=O)c2)nc1Nc1ccc(CNS(=O)(=O)c2cccnc2)cc1. The maximum Gasteiger partial charge on any atom is 0.242 e. The lowest BCUT2D eigenvalue weighted by Gasteiger charge is -2.12. The smallest absolute Gasteiger partial charge is 0.242 e. The van der Waals surface area contributed by atoms with Crippen molar-refractivity contribution < 1.29 is 16.8 Å². The summed E-state index contributed by atoms with van der Waals surface area (Å²) in [5.41, 5.74) is 2.75. The Kier molecular flexibility index (Phi) is 7.26. The lowest BCUT2D eigenvalue weighted by atomic mass is 10.2. The van der Waals surface area contributed by atoms with Crippen LogP contribution in [0, 0.1) is 6.92 Å². The van der Waals surface area contributed by atoms with Gasteiger partial charge in [-0.1, -0.05) is 18.2 Å². The molecule has 0 aliphatic heterocycles. The molecule has 0 unspecified atom stereocenters. The first-order valence-corrected chi connectivity index (χ1v) is 13.6. The van der Waals surface area contributed by atoms with E-state index in [9.17, 15) is 16.8 Å². The first kappa shape index (κ1) is 25.2. The minimum Gasteiger partial charge on any atom is -0.340 e. The Labute approximate surface area is 209 Å². The maximum absolute atomic E-state index is 12.4. The van der Waals surface area contributed by atoms with Crippen LogP contribution in [0.15, 0.2) is 89.0 Å². The predicted octanol–water partition coefficient (Wildman–Crippen LogP) is 2.79. The Morgan fingerprint density at radius 1 is 0.861 bits per heavy atom. The molecule has 0 amide bonds. The van der Waals surface area contributed by atoms with Crippen LogP contribution < -0.4 is 20.5 Å². The number of aromatic nitrogens is 3. The van der Waals surface area contributed by atoms with Crippen LogP contribution in [0.1, 0.15) is 11.1 Å². The van der Waals surface area contributed by atoms with Gasteiger partial charge in [0, 0.05) is 42.1 Å². The molecule has 4 rings (SSSR count). The molecule has 0 bridgehead atoms. The van der Waals surface area contributed by atoms with E-state index in [0.29, 0.717) is 11.5 Å². The number of anilines is 4. The molecule has 5 N–H and O–H groups in total. The van der Waals surface area contributed by atoms with Gasteiger partial charge in [0.05, 0.1) is 4.90 Å². The molecular weight excluding hydrogens is 502 g/mol. The summed E-state index contributed by atoms with van der Waals surface area (Å²) in [6, 6.07) is 16.3. The summed E-state index contributed by atoms with van der Waals surface area (Å²) < 4.78 is 50.5. The number of nitrogens with two attached hydrogens (primary N) is 1. The second-order valence-electron chi connectivity index (χ2n) is 7.76. The molecule has 2 heterocycles. The first-order valence-electron chi connectivity index (χ1n) is 10.6. The predicted molar refractivity (Wildman–Crippen MR) is 136 cm³/mol. The molecule has 4 aromatic rings. The number of nitrogens with zero attached hydrogens (tertiary/aromatic N) is 3. The summed E-state index contributed by atoms with van der Waals surface area (Å²) in [6.07, 6.45) is 4.43. The molecule has 0 saturated heterocycles. The summed E-state index contributed by atoms with van der Waals surface area (Å²) in [7, 11) is -7.49. The largest absolute Gasteiger partial charge is 0.340 e. The van der Waals surface area contributed by atoms with Crippen LogP contribution in [0.4, 0.5) is 23.1 Å². The van der Waals surface area contributed by atoms with Crippen molar-refractivity contribution in [3.8, 4) is 0 Å². The van der Waals surface area contributed by atoms with Crippen molar-refractivity contribution in [3.63, 3.8) is 0 Å². The molecule has 0 atom stereocenters. The van der Waals surface area contributed by atoms with E-state index in [2.05, 4.69) is 30.3 Å². The van der Waals surface area contributed by atoms with Gasteiger partial charge in [0.25, 0.3) is 0 Å². The molecule has 2 aromatic carbocycles. The van der Waals surface area contributed by atoms with E-state index in [1.54, 1.807) is 48.7 Å². The Bertz CT molecular complexity index is 1580. The number of aryl methyl sites for hydroxylation is 1. The van der Waals surface area contributed by atoms with Crippen molar-refractivity contribution >= 4 is 43.2 Å². The van der Waals surface area contributed by atoms with E-state index in [1.807, 2.05) is 6.92 Å². The molecule has 0 fully saturated rings. The van der Waals surface area contributed by atoms with Gasteiger partial charge in [0.15, 0.2) is 0 Å². The molecule has 0 aliphatic carbocycles. The molecule has 186 valence electrons. The summed E-state index contributed by atoms with van der Waals surface area (Å²) >= 11 is 0. The van der Waals surface area contributed by atoms with Gasteiger partial charge in [0.1, 0.15) is 10.7 Å². The van der Waals surface area contributed by atoms with E-state index in [4.69, 9.17) is 5.14 Å². The quantitative estimate of drug-likeness (QED) is 0.257. The molecule has 11 nitrogen and oxygen atoms in total. The van der Waals surface area contributed by atoms with Crippen molar-refractivity contribution in [2.45, 2.75) is 23.3 Å². The third kappa shape index (κ3) is 6.40. The Hall–Kier alpha value is -3.91. The van der Waals surface area contributed by atoms with E-state index in [-0.39, 0.29) is 22.3 Å². The van der Waals surface area contributed by atoms with Crippen LogP contribution in [-0.4, -0.2) is 31.8 Å². The summed E-state index contributed by atoms with van der Waals surface area (Å²) in [5, 5.41) is 11.4. The van der Waals surface area contributed by atoms with Crippen molar-refractivity contribution in [1.82, 2.24) is 19.7 Å². The Morgan fingerprint density at radius 2 is 1.61 bits per heavy atom. The van der Waals surface area contributed by atoms with Crippen molar-refractivity contribution in [1.29, 1.82) is 0 Å². The van der Waals surface area contributed by atoms with Gasteiger partial charge in [0.2, 0.25) is 26.0 Å². The van der Waals surface area contributed by atoms with Gasteiger partial charge in [-0.15, -0.1) is 0 Å². The number of benzene rings is 2. The highest BCUT2D eigenvalue weighted by molar-refractivity contribution is 7.89. The third-order valence-electron chi connectivity index (χ3n) is 5.02. The number of pyridine rings is 1. The first-order chi connectivity index (χ1) is 17.1. The number of sulfonamides is 2. The standard InChI is InChI=1S/C23H23N7O4S2/c1-16-13-26-23(29-19-4-2-5-20(12-19)35(24,31)32)30-22(16)28-18-9-7-17(8-10-18)14-27-36(33,34)21-6-3-11-25-15-21/h2-13,15,27H,14H2,1H3,(H2,24,31,32)(H2,26,28,29,30). The highest BCUT2D eigenvalue weighted by atomic mass is 32.2. The fraction of sp³-hybridized carbons (Fsp3) is 0.0870. The molecule has 0 aliphatic rings. The van der Waals surface area contributed by atoms with Crippen molar-refractivity contribution in [3.05, 3.63) is 90.4 Å². The summed E-state index contributed by atoms with van der Waals surface area (Å²) in [4.78, 5) is 12.6. The van der Waals surface area contributed by atoms with Crippen LogP contribution in [0.3, 0.4) is 0 Å². The van der Waals surface area contributed by atoms with Gasteiger partial charge >= 0.3 is 0 Å². The third-order valence-corrected chi connectivity index (χ3v) is 7.32. The van der Waals surface area contributed by atoms with Crippen molar-refractivity contribution in [2.75, 3.05) is 10.6 Å². The van der Waals surface area contributed by atoms with Crippen LogP contribution in [0.2, 0.25) is 0 Å².